The second-order valence-electron chi connectivity index (χ2n) is 5.50. The normalized spacial score (nSPS) is 18.5. The highest BCUT2D eigenvalue weighted by molar-refractivity contribution is 5.94. The summed E-state index contributed by atoms with van der Waals surface area (Å²) in [6.07, 6.45) is 0. The van der Waals surface area contributed by atoms with Gasteiger partial charge in [0, 0.05) is 19.7 Å². The Balaban J connectivity index is 1.99. The molecule has 2 amide bonds. The first-order valence-electron chi connectivity index (χ1n) is 7.85. The highest BCUT2D eigenvalue weighted by Crippen LogP contribution is 2.17. The number of piperazine rings is 1. The molecule has 0 bridgehead atoms. The smallest absolute Gasteiger partial charge is 0.245 e. The highest BCUT2D eigenvalue weighted by Gasteiger charge is 2.36. The molecule has 0 N–H and O–H groups in total. The number of nitrogens with zero attached hydrogens (tertiary/aromatic N) is 2. The Bertz CT molecular complexity index is 544. The van der Waals surface area contributed by atoms with E-state index in [-0.39, 0.29) is 18.4 Å². The van der Waals surface area contributed by atoms with Crippen molar-refractivity contribution in [3.05, 3.63) is 29.8 Å². The SMILES string of the molecule is CCOCCN1C(=O)CN(Cc2ccc(OC)cc2)C(=O)[C@@H]1C. The van der Waals surface area contributed by atoms with Gasteiger partial charge in [-0.2, -0.15) is 0 Å². The molecule has 1 aromatic carbocycles. The second kappa shape index (κ2) is 7.97. The molecule has 0 aliphatic carbocycles. The van der Waals surface area contributed by atoms with Gasteiger partial charge in [0.25, 0.3) is 0 Å². The summed E-state index contributed by atoms with van der Waals surface area (Å²) in [5.41, 5.74) is 0.974. The van der Waals surface area contributed by atoms with Crippen molar-refractivity contribution < 1.29 is 19.1 Å². The number of hydrogen-bond donors (Lipinski definition) is 0. The third kappa shape index (κ3) is 4.22. The van der Waals surface area contributed by atoms with Crippen LogP contribution in [0.5, 0.6) is 5.75 Å². The lowest BCUT2D eigenvalue weighted by Gasteiger charge is -2.38. The van der Waals surface area contributed by atoms with E-state index in [4.69, 9.17) is 9.47 Å². The molecule has 0 spiro atoms. The van der Waals surface area contributed by atoms with E-state index in [9.17, 15) is 9.59 Å². The number of benzene rings is 1. The molecule has 0 unspecified atom stereocenters. The lowest BCUT2D eigenvalue weighted by Crippen LogP contribution is -2.59. The molecule has 0 radical (unpaired) electrons. The molecule has 1 saturated heterocycles. The number of carbonyl (C=O) groups is 2. The van der Waals surface area contributed by atoms with Crippen LogP contribution in [0, 0.1) is 0 Å². The fourth-order valence-corrected chi connectivity index (χ4v) is 2.66. The number of amides is 2. The number of methoxy groups -OCH3 is 1. The van der Waals surface area contributed by atoms with Gasteiger partial charge in [-0.15, -0.1) is 0 Å². The molecule has 6 heteroatoms. The quantitative estimate of drug-likeness (QED) is 0.710. The molecule has 1 atom stereocenters. The molecule has 1 aliphatic rings. The van der Waals surface area contributed by atoms with E-state index in [0.717, 1.165) is 11.3 Å². The van der Waals surface area contributed by atoms with Crippen LogP contribution >= 0.6 is 0 Å². The fraction of sp³-hybridized carbons (Fsp3) is 0.529. The van der Waals surface area contributed by atoms with Gasteiger partial charge in [0.2, 0.25) is 11.8 Å². The van der Waals surface area contributed by atoms with E-state index >= 15 is 0 Å². The lowest BCUT2D eigenvalue weighted by atomic mass is 10.1. The molecule has 23 heavy (non-hydrogen) atoms. The minimum atomic E-state index is -0.449. The number of carbonyl (C=O) groups excluding carboxylic acids is 2. The molecular weight excluding hydrogens is 296 g/mol. The van der Waals surface area contributed by atoms with Crippen molar-refractivity contribution in [3.8, 4) is 5.75 Å². The van der Waals surface area contributed by atoms with E-state index < -0.39 is 6.04 Å². The maximum atomic E-state index is 12.5. The Morgan fingerprint density at radius 3 is 2.52 bits per heavy atom. The summed E-state index contributed by atoms with van der Waals surface area (Å²) in [5.74, 6) is 0.701. The summed E-state index contributed by atoms with van der Waals surface area (Å²) < 4.78 is 10.4. The first kappa shape index (κ1) is 17.3. The third-order valence-electron chi connectivity index (χ3n) is 4.00. The summed E-state index contributed by atoms with van der Waals surface area (Å²) in [4.78, 5) is 28.0. The first-order chi connectivity index (χ1) is 11.1. The maximum absolute atomic E-state index is 12.5. The van der Waals surface area contributed by atoms with Gasteiger partial charge >= 0.3 is 0 Å². The van der Waals surface area contributed by atoms with Crippen LogP contribution in [0.15, 0.2) is 24.3 Å². The zero-order chi connectivity index (χ0) is 16.8. The maximum Gasteiger partial charge on any atom is 0.245 e. The van der Waals surface area contributed by atoms with Crippen molar-refractivity contribution >= 4 is 11.8 Å². The topological polar surface area (TPSA) is 59.1 Å². The Labute approximate surface area is 137 Å². The molecule has 0 aromatic heterocycles. The lowest BCUT2D eigenvalue weighted by molar-refractivity contribution is -0.156. The van der Waals surface area contributed by atoms with Crippen molar-refractivity contribution in [2.24, 2.45) is 0 Å². The Hall–Kier alpha value is -2.08. The second-order valence-corrected chi connectivity index (χ2v) is 5.50. The van der Waals surface area contributed by atoms with Crippen LogP contribution in [0.2, 0.25) is 0 Å². The third-order valence-corrected chi connectivity index (χ3v) is 4.00. The van der Waals surface area contributed by atoms with Crippen molar-refractivity contribution in [1.29, 1.82) is 0 Å². The van der Waals surface area contributed by atoms with Gasteiger partial charge < -0.3 is 19.3 Å². The highest BCUT2D eigenvalue weighted by atomic mass is 16.5. The van der Waals surface area contributed by atoms with E-state index in [1.165, 1.54) is 0 Å². The Morgan fingerprint density at radius 1 is 1.22 bits per heavy atom. The van der Waals surface area contributed by atoms with E-state index in [1.54, 1.807) is 23.8 Å². The van der Waals surface area contributed by atoms with Crippen molar-refractivity contribution in [1.82, 2.24) is 9.80 Å². The van der Waals surface area contributed by atoms with Crippen molar-refractivity contribution in [3.63, 3.8) is 0 Å². The summed E-state index contributed by atoms with van der Waals surface area (Å²) in [6.45, 7) is 5.73. The largest absolute Gasteiger partial charge is 0.497 e. The molecule has 1 heterocycles. The van der Waals surface area contributed by atoms with E-state index in [1.807, 2.05) is 31.2 Å². The Kier molecular flexibility index (Phi) is 5.98. The monoisotopic (exact) mass is 320 g/mol. The predicted octanol–water partition coefficient (Wildman–Crippen LogP) is 1.29. The van der Waals surface area contributed by atoms with Gasteiger partial charge in [0.15, 0.2) is 0 Å². The summed E-state index contributed by atoms with van der Waals surface area (Å²) in [6, 6.07) is 7.06. The molecular formula is C17H24N2O4. The van der Waals surface area contributed by atoms with Crippen molar-refractivity contribution in [2.75, 3.05) is 33.4 Å². The average Bonchev–Trinajstić information content (AvgIpc) is 2.56. The molecule has 1 fully saturated rings. The first-order valence-corrected chi connectivity index (χ1v) is 7.85. The van der Waals surface area contributed by atoms with Crippen LogP contribution in [0.3, 0.4) is 0 Å². The predicted molar refractivity (Wildman–Crippen MR) is 86.1 cm³/mol. The van der Waals surface area contributed by atoms with Gasteiger partial charge in [0.05, 0.1) is 13.7 Å². The van der Waals surface area contributed by atoms with E-state index in [0.29, 0.717) is 26.3 Å². The number of ether oxygens (including phenoxy) is 2. The average molecular weight is 320 g/mol. The zero-order valence-corrected chi connectivity index (χ0v) is 13.9. The van der Waals surface area contributed by atoms with Gasteiger partial charge in [-0.05, 0) is 31.5 Å². The van der Waals surface area contributed by atoms with Crippen LogP contribution in [0.4, 0.5) is 0 Å². The van der Waals surface area contributed by atoms with Crippen LogP contribution in [0.25, 0.3) is 0 Å². The van der Waals surface area contributed by atoms with Crippen LogP contribution in [0.1, 0.15) is 19.4 Å². The van der Waals surface area contributed by atoms with Crippen LogP contribution in [-0.4, -0.2) is 61.1 Å². The zero-order valence-electron chi connectivity index (χ0n) is 13.9. The number of hydrogen-bond acceptors (Lipinski definition) is 4. The van der Waals surface area contributed by atoms with Crippen LogP contribution < -0.4 is 4.74 Å². The molecule has 126 valence electrons. The Morgan fingerprint density at radius 2 is 1.91 bits per heavy atom. The van der Waals surface area contributed by atoms with Gasteiger partial charge in [-0.3, -0.25) is 9.59 Å². The minimum Gasteiger partial charge on any atom is -0.497 e. The van der Waals surface area contributed by atoms with Gasteiger partial charge in [0.1, 0.15) is 18.3 Å². The van der Waals surface area contributed by atoms with Crippen molar-refractivity contribution in [2.45, 2.75) is 26.4 Å². The van der Waals surface area contributed by atoms with Gasteiger partial charge in [-0.1, -0.05) is 12.1 Å². The standard InChI is InChI=1S/C17H24N2O4/c1-4-23-10-9-19-13(2)17(21)18(12-16(19)20)11-14-5-7-15(22-3)8-6-14/h5-8,13H,4,9-12H2,1-3H3/t13-/m0/s1. The molecule has 1 aromatic rings. The summed E-state index contributed by atoms with van der Waals surface area (Å²) in [7, 11) is 1.61. The molecule has 2 rings (SSSR count). The summed E-state index contributed by atoms with van der Waals surface area (Å²) in [5, 5.41) is 0. The fourth-order valence-electron chi connectivity index (χ4n) is 2.66. The minimum absolute atomic E-state index is 0.0306. The van der Waals surface area contributed by atoms with E-state index in [2.05, 4.69) is 0 Å². The van der Waals surface area contributed by atoms with Gasteiger partial charge in [-0.25, -0.2) is 0 Å². The molecule has 1 aliphatic heterocycles. The molecule has 0 saturated carbocycles. The molecule has 6 nitrogen and oxygen atoms in total. The summed E-state index contributed by atoms with van der Waals surface area (Å²) >= 11 is 0. The number of rotatable bonds is 7. The van der Waals surface area contributed by atoms with Crippen LogP contribution in [-0.2, 0) is 20.9 Å².